The van der Waals surface area contributed by atoms with Gasteiger partial charge in [0.25, 0.3) is 0 Å². The molecule has 0 unspecified atom stereocenters. The first-order valence-electron chi connectivity index (χ1n) is 7.66. The number of methoxy groups -OCH3 is 1. The fraction of sp³-hybridized carbons (Fsp3) is 0.562. The third-order valence-electron chi connectivity index (χ3n) is 4.35. The Hall–Kier alpha value is -1.63. The second-order valence-electron chi connectivity index (χ2n) is 5.77. The van der Waals surface area contributed by atoms with Gasteiger partial charge < -0.3 is 14.7 Å². The molecule has 1 amide bonds. The maximum absolute atomic E-state index is 11.1. The SMILES string of the molecule is COc1ccc(C2(O)CCN(CCCC(=O)NN)CC2)cc1. The lowest BCUT2D eigenvalue weighted by molar-refractivity contribution is -0.121. The molecule has 1 aromatic carbocycles. The van der Waals surface area contributed by atoms with E-state index in [2.05, 4.69) is 10.3 Å². The molecule has 0 aliphatic carbocycles. The number of benzene rings is 1. The van der Waals surface area contributed by atoms with E-state index in [9.17, 15) is 9.90 Å². The summed E-state index contributed by atoms with van der Waals surface area (Å²) in [5.41, 5.74) is 2.31. The number of ether oxygens (including phenoxy) is 1. The Morgan fingerprint density at radius 1 is 1.36 bits per heavy atom. The quantitative estimate of drug-likeness (QED) is 0.410. The number of carbonyl (C=O) groups excluding carboxylic acids is 1. The molecule has 6 nitrogen and oxygen atoms in total. The molecule has 1 heterocycles. The number of nitrogens with zero attached hydrogens (tertiary/aromatic N) is 1. The average Bonchev–Trinajstić information content (AvgIpc) is 2.56. The minimum atomic E-state index is -0.766. The fourth-order valence-corrected chi connectivity index (χ4v) is 2.87. The van der Waals surface area contributed by atoms with Crippen LogP contribution >= 0.6 is 0 Å². The van der Waals surface area contributed by atoms with Crippen molar-refractivity contribution >= 4 is 5.91 Å². The summed E-state index contributed by atoms with van der Waals surface area (Å²) in [5.74, 6) is 5.72. The zero-order valence-electron chi connectivity index (χ0n) is 13.0. The van der Waals surface area contributed by atoms with Crippen molar-refractivity contribution in [3.63, 3.8) is 0 Å². The van der Waals surface area contributed by atoms with Gasteiger partial charge in [-0.2, -0.15) is 0 Å². The predicted octanol–water partition coefficient (Wildman–Crippen LogP) is 0.749. The van der Waals surface area contributed by atoms with Gasteiger partial charge in [0, 0.05) is 19.5 Å². The second-order valence-corrected chi connectivity index (χ2v) is 5.77. The second kappa shape index (κ2) is 7.58. The van der Waals surface area contributed by atoms with Gasteiger partial charge in [-0.05, 0) is 43.5 Å². The smallest absolute Gasteiger partial charge is 0.233 e. The van der Waals surface area contributed by atoms with Crippen LogP contribution in [-0.2, 0) is 10.4 Å². The minimum absolute atomic E-state index is 0.133. The fourth-order valence-electron chi connectivity index (χ4n) is 2.87. The Morgan fingerprint density at radius 3 is 2.55 bits per heavy atom. The molecule has 0 spiro atoms. The number of carbonyl (C=O) groups is 1. The highest BCUT2D eigenvalue weighted by Gasteiger charge is 2.33. The monoisotopic (exact) mass is 307 g/mol. The van der Waals surface area contributed by atoms with Crippen LogP contribution in [0.3, 0.4) is 0 Å². The molecule has 1 aliphatic heterocycles. The van der Waals surface area contributed by atoms with Gasteiger partial charge in [-0.15, -0.1) is 0 Å². The van der Waals surface area contributed by atoms with Crippen LogP contribution in [0.4, 0.5) is 0 Å². The molecule has 0 bridgehead atoms. The Kier molecular flexibility index (Phi) is 5.76. The number of likely N-dealkylation sites (tertiary alicyclic amines) is 1. The highest BCUT2D eigenvalue weighted by molar-refractivity contribution is 5.75. The summed E-state index contributed by atoms with van der Waals surface area (Å²) < 4.78 is 5.15. The lowest BCUT2D eigenvalue weighted by Gasteiger charge is -2.38. The molecule has 0 radical (unpaired) electrons. The molecule has 1 saturated heterocycles. The average molecular weight is 307 g/mol. The molecule has 1 aliphatic rings. The highest BCUT2D eigenvalue weighted by Crippen LogP contribution is 2.33. The molecular weight excluding hydrogens is 282 g/mol. The summed E-state index contributed by atoms with van der Waals surface area (Å²) in [6.07, 6.45) is 2.62. The summed E-state index contributed by atoms with van der Waals surface area (Å²) >= 11 is 0. The van der Waals surface area contributed by atoms with E-state index < -0.39 is 5.60 Å². The van der Waals surface area contributed by atoms with Crippen LogP contribution in [0.15, 0.2) is 24.3 Å². The van der Waals surface area contributed by atoms with E-state index in [1.807, 2.05) is 24.3 Å². The van der Waals surface area contributed by atoms with Crippen LogP contribution in [0, 0.1) is 0 Å². The lowest BCUT2D eigenvalue weighted by Crippen LogP contribution is -2.43. The first-order valence-corrected chi connectivity index (χ1v) is 7.66. The molecule has 2 rings (SSSR count). The third kappa shape index (κ3) is 4.19. The van der Waals surface area contributed by atoms with E-state index in [1.165, 1.54) is 0 Å². The number of nitrogens with one attached hydrogen (secondary N) is 1. The van der Waals surface area contributed by atoms with Gasteiger partial charge in [-0.1, -0.05) is 12.1 Å². The van der Waals surface area contributed by atoms with E-state index in [-0.39, 0.29) is 5.91 Å². The van der Waals surface area contributed by atoms with Gasteiger partial charge >= 0.3 is 0 Å². The molecule has 1 aromatic rings. The summed E-state index contributed by atoms with van der Waals surface area (Å²) in [6.45, 7) is 2.51. The summed E-state index contributed by atoms with van der Waals surface area (Å²) in [7, 11) is 1.63. The molecule has 4 N–H and O–H groups in total. The van der Waals surface area contributed by atoms with Crippen LogP contribution in [0.1, 0.15) is 31.2 Å². The number of amides is 1. The number of hydrazine groups is 1. The van der Waals surface area contributed by atoms with Crippen molar-refractivity contribution in [2.24, 2.45) is 5.84 Å². The predicted molar refractivity (Wildman–Crippen MR) is 84.1 cm³/mol. The normalized spacial score (nSPS) is 18.0. The molecule has 6 heteroatoms. The summed E-state index contributed by atoms with van der Waals surface area (Å²) in [4.78, 5) is 13.4. The molecule has 0 atom stereocenters. The highest BCUT2D eigenvalue weighted by atomic mass is 16.5. The summed E-state index contributed by atoms with van der Waals surface area (Å²) in [5, 5.41) is 10.8. The standard InChI is InChI=1S/C16H25N3O3/c1-22-14-6-4-13(5-7-14)16(21)8-11-19(12-9-16)10-2-3-15(20)18-17/h4-7,21H,2-3,8-12,17H2,1H3,(H,18,20). The maximum atomic E-state index is 11.1. The Bertz CT molecular complexity index is 482. The maximum Gasteiger partial charge on any atom is 0.233 e. The van der Waals surface area contributed by atoms with E-state index in [0.717, 1.165) is 37.4 Å². The Balaban J connectivity index is 1.83. The van der Waals surface area contributed by atoms with E-state index in [0.29, 0.717) is 19.3 Å². The molecule has 1 fully saturated rings. The van der Waals surface area contributed by atoms with Crippen LogP contribution in [0.2, 0.25) is 0 Å². The number of hydrogen-bond acceptors (Lipinski definition) is 5. The van der Waals surface area contributed by atoms with Crippen molar-refractivity contribution in [3.8, 4) is 5.75 Å². The zero-order valence-corrected chi connectivity index (χ0v) is 13.0. The Labute approximate surface area is 131 Å². The first-order chi connectivity index (χ1) is 10.6. The van der Waals surface area contributed by atoms with Gasteiger partial charge in [0.2, 0.25) is 5.91 Å². The van der Waals surface area contributed by atoms with Crippen molar-refractivity contribution in [2.75, 3.05) is 26.7 Å². The van der Waals surface area contributed by atoms with Gasteiger partial charge in [0.1, 0.15) is 5.75 Å². The van der Waals surface area contributed by atoms with E-state index in [1.54, 1.807) is 7.11 Å². The number of hydrogen-bond donors (Lipinski definition) is 3. The number of piperidine rings is 1. The largest absolute Gasteiger partial charge is 0.497 e. The van der Waals surface area contributed by atoms with Crippen molar-refractivity contribution in [2.45, 2.75) is 31.3 Å². The van der Waals surface area contributed by atoms with Gasteiger partial charge in [0.15, 0.2) is 0 Å². The number of rotatable bonds is 6. The van der Waals surface area contributed by atoms with Crippen molar-refractivity contribution in [1.82, 2.24) is 10.3 Å². The van der Waals surface area contributed by atoms with Crippen LogP contribution in [0.5, 0.6) is 5.75 Å². The minimum Gasteiger partial charge on any atom is -0.497 e. The Morgan fingerprint density at radius 2 is 2.00 bits per heavy atom. The number of aliphatic hydroxyl groups is 1. The topological polar surface area (TPSA) is 87.8 Å². The van der Waals surface area contributed by atoms with Gasteiger partial charge in [0.05, 0.1) is 12.7 Å². The van der Waals surface area contributed by atoms with E-state index >= 15 is 0 Å². The van der Waals surface area contributed by atoms with Crippen LogP contribution in [-0.4, -0.2) is 42.7 Å². The van der Waals surface area contributed by atoms with E-state index in [4.69, 9.17) is 10.6 Å². The number of nitrogens with two attached hydrogens (primary N) is 1. The summed E-state index contributed by atoms with van der Waals surface area (Å²) in [6, 6.07) is 7.62. The molecular formula is C16H25N3O3. The van der Waals surface area contributed by atoms with Gasteiger partial charge in [-0.25, -0.2) is 5.84 Å². The molecule has 122 valence electrons. The third-order valence-corrected chi connectivity index (χ3v) is 4.35. The molecule has 0 saturated carbocycles. The first kappa shape index (κ1) is 16.7. The van der Waals surface area contributed by atoms with Gasteiger partial charge in [-0.3, -0.25) is 10.2 Å². The zero-order chi connectivity index (χ0) is 16.0. The van der Waals surface area contributed by atoms with Crippen LogP contribution in [0.25, 0.3) is 0 Å². The molecule has 22 heavy (non-hydrogen) atoms. The van der Waals surface area contributed by atoms with Crippen molar-refractivity contribution < 1.29 is 14.6 Å². The van der Waals surface area contributed by atoms with Crippen molar-refractivity contribution in [3.05, 3.63) is 29.8 Å². The lowest BCUT2D eigenvalue weighted by atomic mass is 9.84. The van der Waals surface area contributed by atoms with Crippen LogP contribution < -0.4 is 16.0 Å². The molecule has 0 aromatic heterocycles. The van der Waals surface area contributed by atoms with Crippen molar-refractivity contribution in [1.29, 1.82) is 0 Å².